The number of nitrogens with zero attached hydrogens (tertiary/aromatic N) is 5. The molecule has 108 valence electrons. The van der Waals surface area contributed by atoms with Gasteiger partial charge in [-0.05, 0) is 11.5 Å². The third kappa shape index (κ3) is 3.17. The highest BCUT2D eigenvalue weighted by Gasteiger charge is 2.18. The second-order valence-corrected chi connectivity index (χ2v) is 5.28. The molecule has 2 N–H and O–H groups in total. The van der Waals surface area contributed by atoms with Gasteiger partial charge in [-0.15, -0.1) is 0 Å². The van der Waals surface area contributed by atoms with Crippen molar-refractivity contribution in [2.75, 3.05) is 0 Å². The third-order valence-corrected chi connectivity index (χ3v) is 2.96. The number of carbonyl (C=O) groups is 1. The Balaban J connectivity index is 2.44. The van der Waals surface area contributed by atoms with Crippen LogP contribution in [0.1, 0.15) is 30.6 Å². The van der Waals surface area contributed by atoms with Crippen LogP contribution in [0.25, 0.3) is 12.0 Å². The zero-order valence-corrected chi connectivity index (χ0v) is 11.9. The minimum Gasteiger partial charge on any atom is -0.365 e. The van der Waals surface area contributed by atoms with E-state index in [1.54, 1.807) is 24.7 Å². The number of rotatable bonds is 5. The monoisotopic (exact) mass is 284 g/mol. The molecular formula is C14H16N6O. The first-order chi connectivity index (χ1) is 9.94. The number of amides is 1. The normalized spacial score (nSPS) is 11.7. The molecule has 2 aromatic rings. The number of aromatic nitrogens is 4. The van der Waals surface area contributed by atoms with Gasteiger partial charge < -0.3 is 5.73 Å². The fourth-order valence-electron chi connectivity index (χ4n) is 1.80. The number of carbonyl (C=O) groups excluding carboxylic acids is 1. The van der Waals surface area contributed by atoms with Crippen molar-refractivity contribution in [2.45, 2.75) is 20.3 Å². The van der Waals surface area contributed by atoms with Gasteiger partial charge in [0.1, 0.15) is 5.56 Å². The predicted octanol–water partition coefficient (Wildman–Crippen LogP) is 1.58. The number of nitriles is 1. The number of hydrogen-bond acceptors (Lipinski definition) is 4. The minimum atomic E-state index is -0.573. The lowest BCUT2D eigenvalue weighted by atomic mass is 9.90. The van der Waals surface area contributed by atoms with Crippen LogP contribution in [0.2, 0.25) is 0 Å². The van der Waals surface area contributed by atoms with E-state index in [4.69, 9.17) is 11.0 Å². The summed E-state index contributed by atoms with van der Waals surface area (Å²) in [6.45, 7) is 3.89. The molecule has 0 bridgehead atoms. The summed E-state index contributed by atoms with van der Waals surface area (Å²) in [5.74, 6) is -0.104. The van der Waals surface area contributed by atoms with Gasteiger partial charge in [0.2, 0.25) is 0 Å². The molecule has 0 radical (unpaired) electrons. The van der Waals surface area contributed by atoms with Crippen molar-refractivity contribution in [3.8, 4) is 11.9 Å². The summed E-state index contributed by atoms with van der Waals surface area (Å²) in [5.41, 5.74) is 5.35. The molecule has 21 heavy (non-hydrogen) atoms. The van der Waals surface area contributed by atoms with Crippen molar-refractivity contribution < 1.29 is 4.79 Å². The first-order valence-electron chi connectivity index (χ1n) is 6.38. The number of allylic oxidation sites excluding steroid dienone is 1. The molecule has 7 heteroatoms. The van der Waals surface area contributed by atoms with Gasteiger partial charge in [-0.25, -0.2) is 9.36 Å². The second kappa shape index (κ2) is 5.63. The van der Waals surface area contributed by atoms with Crippen LogP contribution in [0, 0.1) is 16.7 Å². The van der Waals surface area contributed by atoms with Crippen molar-refractivity contribution in [2.24, 2.45) is 11.1 Å². The molecular weight excluding hydrogens is 268 g/mol. The van der Waals surface area contributed by atoms with E-state index in [0.29, 0.717) is 12.2 Å². The molecule has 0 atom stereocenters. The zero-order chi connectivity index (χ0) is 15.5. The van der Waals surface area contributed by atoms with Crippen LogP contribution in [0.4, 0.5) is 0 Å². The fraction of sp³-hybridized carbons (Fsp3) is 0.286. The van der Waals surface area contributed by atoms with E-state index in [9.17, 15) is 4.79 Å². The van der Waals surface area contributed by atoms with E-state index in [1.807, 2.05) is 19.9 Å². The molecule has 2 aromatic heterocycles. The van der Waals surface area contributed by atoms with Crippen LogP contribution in [0.3, 0.4) is 0 Å². The van der Waals surface area contributed by atoms with E-state index >= 15 is 0 Å². The zero-order valence-electron chi connectivity index (χ0n) is 11.9. The topological polar surface area (TPSA) is 103 Å². The quantitative estimate of drug-likeness (QED) is 0.900. The van der Waals surface area contributed by atoms with E-state index in [0.717, 1.165) is 0 Å². The van der Waals surface area contributed by atoms with E-state index in [1.165, 1.54) is 15.6 Å². The summed E-state index contributed by atoms with van der Waals surface area (Å²) in [6, 6.07) is 3.88. The van der Waals surface area contributed by atoms with Crippen LogP contribution >= 0.6 is 0 Å². The average molecular weight is 284 g/mol. The Bertz CT molecular complexity index is 702. The summed E-state index contributed by atoms with van der Waals surface area (Å²) >= 11 is 0. The molecule has 2 heterocycles. The van der Waals surface area contributed by atoms with Crippen LogP contribution in [-0.4, -0.2) is 25.5 Å². The number of primary amides is 1. The van der Waals surface area contributed by atoms with Crippen LogP contribution in [0.15, 0.2) is 30.7 Å². The Morgan fingerprint density at radius 3 is 2.86 bits per heavy atom. The lowest BCUT2D eigenvalue weighted by Gasteiger charge is -2.15. The Hall–Kier alpha value is -2.88. The molecule has 1 amide bonds. The van der Waals surface area contributed by atoms with E-state index in [2.05, 4.69) is 16.3 Å². The van der Waals surface area contributed by atoms with Gasteiger partial charge in [-0.3, -0.25) is 4.79 Å². The standard InChI is InChI=1S/C14H16N6O/c1-14(2,4-6-15)5-9-20-13(19-8-3-7-17-19)11(10-18-20)12(16)21/h3,5,7-10H,4H2,1-2H3,(H2,16,21)/b9-5+. The second-order valence-electron chi connectivity index (χ2n) is 5.28. The molecule has 0 saturated carbocycles. The maximum Gasteiger partial charge on any atom is 0.254 e. The Labute approximate surface area is 122 Å². The van der Waals surface area contributed by atoms with Crippen molar-refractivity contribution in [1.29, 1.82) is 5.26 Å². The van der Waals surface area contributed by atoms with Crippen molar-refractivity contribution in [3.63, 3.8) is 0 Å². The maximum absolute atomic E-state index is 11.5. The summed E-state index contributed by atoms with van der Waals surface area (Å²) in [5, 5.41) is 17.0. The van der Waals surface area contributed by atoms with Crippen molar-refractivity contribution in [1.82, 2.24) is 19.6 Å². The lowest BCUT2D eigenvalue weighted by molar-refractivity contribution is 0.1000. The summed E-state index contributed by atoms with van der Waals surface area (Å²) in [4.78, 5) is 11.5. The Morgan fingerprint density at radius 1 is 1.52 bits per heavy atom. The van der Waals surface area contributed by atoms with Gasteiger partial charge >= 0.3 is 0 Å². The first kappa shape index (κ1) is 14.5. The molecule has 7 nitrogen and oxygen atoms in total. The smallest absolute Gasteiger partial charge is 0.254 e. The highest BCUT2D eigenvalue weighted by molar-refractivity contribution is 5.95. The molecule has 0 saturated heterocycles. The molecule has 0 unspecified atom stereocenters. The lowest BCUT2D eigenvalue weighted by Crippen LogP contribution is -2.15. The Kier molecular flexibility index (Phi) is 3.89. The van der Waals surface area contributed by atoms with Gasteiger partial charge in [0, 0.05) is 25.0 Å². The Morgan fingerprint density at radius 2 is 2.29 bits per heavy atom. The third-order valence-electron chi connectivity index (χ3n) is 2.96. The van der Waals surface area contributed by atoms with Crippen molar-refractivity contribution in [3.05, 3.63) is 36.3 Å². The average Bonchev–Trinajstić information content (AvgIpc) is 3.05. The van der Waals surface area contributed by atoms with E-state index in [-0.39, 0.29) is 11.0 Å². The molecule has 0 aliphatic carbocycles. The highest BCUT2D eigenvalue weighted by Crippen LogP contribution is 2.22. The van der Waals surface area contributed by atoms with Gasteiger partial charge in [-0.2, -0.15) is 15.5 Å². The van der Waals surface area contributed by atoms with Gasteiger partial charge in [0.15, 0.2) is 5.82 Å². The fourth-order valence-corrected chi connectivity index (χ4v) is 1.80. The van der Waals surface area contributed by atoms with Crippen LogP contribution < -0.4 is 5.73 Å². The molecule has 2 rings (SSSR count). The number of hydrogen-bond donors (Lipinski definition) is 1. The van der Waals surface area contributed by atoms with Gasteiger partial charge in [0.05, 0.1) is 12.3 Å². The SMILES string of the molecule is CC(C)(/C=C/n1ncc(C(N)=O)c1-n1cccn1)CC#N. The maximum atomic E-state index is 11.5. The molecule has 0 aliphatic rings. The van der Waals surface area contributed by atoms with Crippen LogP contribution in [-0.2, 0) is 0 Å². The predicted molar refractivity (Wildman–Crippen MR) is 77.2 cm³/mol. The van der Waals surface area contributed by atoms with E-state index < -0.39 is 5.91 Å². The summed E-state index contributed by atoms with van der Waals surface area (Å²) < 4.78 is 3.04. The van der Waals surface area contributed by atoms with Gasteiger partial charge in [-0.1, -0.05) is 19.9 Å². The van der Waals surface area contributed by atoms with Crippen LogP contribution in [0.5, 0.6) is 0 Å². The number of nitrogens with two attached hydrogens (primary N) is 1. The molecule has 0 fully saturated rings. The first-order valence-corrected chi connectivity index (χ1v) is 6.38. The molecule has 0 aliphatic heterocycles. The van der Waals surface area contributed by atoms with Crippen molar-refractivity contribution >= 4 is 12.1 Å². The van der Waals surface area contributed by atoms with Gasteiger partial charge in [0.25, 0.3) is 5.91 Å². The minimum absolute atomic E-state index is 0.279. The summed E-state index contributed by atoms with van der Waals surface area (Å²) in [7, 11) is 0. The molecule has 0 aromatic carbocycles. The largest absolute Gasteiger partial charge is 0.365 e. The highest BCUT2D eigenvalue weighted by atomic mass is 16.1. The molecule has 0 spiro atoms. The summed E-state index contributed by atoms with van der Waals surface area (Å²) in [6.07, 6.45) is 8.66.